The van der Waals surface area contributed by atoms with Gasteiger partial charge in [0, 0.05) is 11.0 Å². The quantitative estimate of drug-likeness (QED) is 0.442. The van der Waals surface area contributed by atoms with E-state index < -0.39 is 11.7 Å². The Balaban J connectivity index is 2.42. The van der Waals surface area contributed by atoms with E-state index in [-0.39, 0.29) is 18.6 Å². The van der Waals surface area contributed by atoms with Crippen molar-refractivity contribution in [2.45, 2.75) is 84.3 Å². The largest absolute Gasteiger partial charge is 0.491 e. The Bertz CT molecular complexity index is 975. The van der Waals surface area contributed by atoms with Crippen LogP contribution in [0.2, 0.25) is 0 Å². The van der Waals surface area contributed by atoms with Gasteiger partial charge in [0.25, 0.3) is 0 Å². The summed E-state index contributed by atoms with van der Waals surface area (Å²) in [6.45, 7) is 12.2. The summed E-state index contributed by atoms with van der Waals surface area (Å²) in [5, 5.41) is 29.1. The van der Waals surface area contributed by atoms with Crippen molar-refractivity contribution in [1.29, 1.82) is 0 Å². The lowest BCUT2D eigenvalue weighted by molar-refractivity contribution is 0.0534. The van der Waals surface area contributed by atoms with E-state index in [1.54, 1.807) is 0 Å². The molecule has 0 amide bonds. The molecule has 0 saturated heterocycles. The molecule has 4 nitrogen and oxygen atoms in total. The highest BCUT2D eigenvalue weighted by Crippen LogP contribution is 2.41. The smallest absolute Gasteiger partial charge is 0.125 e. The highest BCUT2D eigenvalue weighted by Gasteiger charge is 2.31. The maximum atomic E-state index is 10.5. The van der Waals surface area contributed by atoms with Gasteiger partial charge in [0.15, 0.2) is 0 Å². The van der Waals surface area contributed by atoms with Gasteiger partial charge in [-0.05, 0) is 73.9 Å². The summed E-state index contributed by atoms with van der Waals surface area (Å²) >= 11 is 0. The maximum Gasteiger partial charge on any atom is 0.125 e. The first-order valence-corrected chi connectivity index (χ1v) is 12.1. The van der Waals surface area contributed by atoms with Gasteiger partial charge >= 0.3 is 0 Å². The Kier molecular flexibility index (Phi) is 9.55. The van der Waals surface area contributed by atoms with Gasteiger partial charge in [-0.1, -0.05) is 63.8 Å². The standard InChI is InChI=1S/C29H40O4/c1-7-28(32,8-2)16-15-23-11-12-24(17-21(23)5)29(9-3,10-4)25-13-14-27(22(6)18-25)33-20-26(31)19-30/h11-14,17-18,26,30-32H,7-10,19-20H2,1-6H3. The van der Waals surface area contributed by atoms with Crippen molar-refractivity contribution in [2.75, 3.05) is 13.2 Å². The summed E-state index contributed by atoms with van der Waals surface area (Å²) in [4.78, 5) is 0. The molecule has 0 heterocycles. The van der Waals surface area contributed by atoms with Gasteiger partial charge in [0.1, 0.15) is 24.1 Å². The lowest BCUT2D eigenvalue weighted by Gasteiger charge is -2.34. The number of hydrogen-bond acceptors (Lipinski definition) is 4. The third-order valence-electron chi connectivity index (χ3n) is 6.96. The fraction of sp³-hybridized carbons (Fsp3) is 0.517. The number of rotatable bonds is 10. The second-order valence-corrected chi connectivity index (χ2v) is 8.94. The molecule has 1 atom stereocenters. The van der Waals surface area contributed by atoms with Crippen molar-refractivity contribution in [3.8, 4) is 17.6 Å². The van der Waals surface area contributed by atoms with Crippen LogP contribution in [0.15, 0.2) is 36.4 Å². The van der Waals surface area contributed by atoms with Crippen LogP contribution in [0.1, 0.15) is 81.2 Å². The first-order valence-electron chi connectivity index (χ1n) is 12.1. The molecule has 2 aromatic carbocycles. The van der Waals surface area contributed by atoms with Crippen molar-refractivity contribution < 1.29 is 20.1 Å². The minimum Gasteiger partial charge on any atom is -0.491 e. The van der Waals surface area contributed by atoms with Gasteiger partial charge in [-0.25, -0.2) is 0 Å². The molecular formula is C29H40O4. The number of aliphatic hydroxyl groups is 3. The van der Waals surface area contributed by atoms with E-state index in [1.165, 1.54) is 11.1 Å². The van der Waals surface area contributed by atoms with Crippen LogP contribution in [0.4, 0.5) is 0 Å². The van der Waals surface area contributed by atoms with E-state index in [4.69, 9.17) is 9.84 Å². The number of aliphatic hydroxyl groups excluding tert-OH is 2. The second-order valence-electron chi connectivity index (χ2n) is 8.94. The molecule has 3 N–H and O–H groups in total. The summed E-state index contributed by atoms with van der Waals surface area (Å²) in [7, 11) is 0. The molecule has 0 bridgehead atoms. The molecule has 33 heavy (non-hydrogen) atoms. The zero-order chi connectivity index (χ0) is 24.6. The van der Waals surface area contributed by atoms with Crippen LogP contribution < -0.4 is 4.74 Å². The van der Waals surface area contributed by atoms with Crippen molar-refractivity contribution >= 4 is 0 Å². The molecule has 0 spiro atoms. The van der Waals surface area contributed by atoms with Crippen LogP contribution in [-0.4, -0.2) is 40.2 Å². The van der Waals surface area contributed by atoms with Gasteiger partial charge in [-0.2, -0.15) is 0 Å². The van der Waals surface area contributed by atoms with Crippen LogP contribution in [0.3, 0.4) is 0 Å². The molecule has 0 saturated carbocycles. The molecule has 2 aromatic rings. The van der Waals surface area contributed by atoms with Gasteiger partial charge in [-0.15, -0.1) is 0 Å². The predicted octanol–water partition coefficient (Wildman–Crippen LogP) is 5.04. The molecule has 1 unspecified atom stereocenters. The SMILES string of the molecule is CCC(O)(C#Cc1ccc(C(CC)(CC)c2ccc(OCC(O)CO)c(C)c2)cc1C)CC. The first-order chi connectivity index (χ1) is 15.7. The topological polar surface area (TPSA) is 69.9 Å². The normalized spacial score (nSPS) is 12.8. The highest BCUT2D eigenvalue weighted by atomic mass is 16.5. The minimum atomic E-state index is -0.934. The minimum absolute atomic E-state index is 0.0657. The monoisotopic (exact) mass is 452 g/mol. The Morgan fingerprint density at radius 2 is 1.45 bits per heavy atom. The summed E-state index contributed by atoms with van der Waals surface area (Å²) in [6, 6.07) is 12.7. The Morgan fingerprint density at radius 1 is 0.879 bits per heavy atom. The van der Waals surface area contributed by atoms with Crippen molar-refractivity contribution in [1.82, 2.24) is 0 Å². The summed E-state index contributed by atoms with van der Waals surface area (Å²) in [5.74, 6) is 6.98. The fourth-order valence-electron chi connectivity index (χ4n) is 4.29. The van der Waals surface area contributed by atoms with Gasteiger partial charge < -0.3 is 20.1 Å². The third-order valence-corrected chi connectivity index (χ3v) is 6.96. The van der Waals surface area contributed by atoms with E-state index in [2.05, 4.69) is 62.9 Å². The van der Waals surface area contributed by atoms with Crippen molar-refractivity contribution in [3.05, 3.63) is 64.2 Å². The van der Waals surface area contributed by atoms with Crippen LogP contribution in [0.5, 0.6) is 5.75 Å². The van der Waals surface area contributed by atoms with E-state index in [0.717, 1.165) is 29.5 Å². The van der Waals surface area contributed by atoms with Gasteiger partial charge in [-0.3, -0.25) is 0 Å². The summed E-state index contributed by atoms with van der Waals surface area (Å²) < 4.78 is 5.69. The molecule has 0 radical (unpaired) electrons. The lowest BCUT2D eigenvalue weighted by atomic mass is 9.70. The molecule has 0 aromatic heterocycles. The third kappa shape index (κ3) is 6.18. The molecule has 0 aliphatic carbocycles. The average Bonchev–Trinajstić information content (AvgIpc) is 2.83. The van der Waals surface area contributed by atoms with E-state index in [9.17, 15) is 10.2 Å². The number of hydrogen-bond donors (Lipinski definition) is 3. The van der Waals surface area contributed by atoms with E-state index in [0.29, 0.717) is 18.6 Å². The molecule has 0 aliphatic heterocycles. The van der Waals surface area contributed by atoms with Crippen LogP contribution in [0, 0.1) is 25.7 Å². The zero-order valence-corrected chi connectivity index (χ0v) is 21.0. The van der Waals surface area contributed by atoms with Gasteiger partial charge in [0.05, 0.1) is 6.61 Å². The molecule has 180 valence electrons. The zero-order valence-electron chi connectivity index (χ0n) is 21.0. The van der Waals surface area contributed by atoms with Crippen molar-refractivity contribution in [2.24, 2.45) is 0 Å². The van der Waals surface area contributed by atoms with E-state index >= 15 is 0 Å². The molecule has 0 fully saturated rings. The lowest BCUT2D eigenvalue weighted by Crippen LogP contribution is -2.26. The maximum absolute atomic E-state index is 10.5. The second kappa shape index (κ2) is 11.7. The van der Waals surface area contributed by atoms with Crippen LogP contribution in [-0.2, 0) is 5.41 Å². The van der Waals surface area contributed by atoms with Crippen LogP contribution >= 0.6 is 0 Å². The molecular weight excluding hydrogens is 412 g/mol. The van der Waals surface area contributed by atoms with Gasteiger partial charge in [0.2, 0.25) is 0 Å². The van der Waals surface area contributed by atoms with E-state index in [1.807, 2.05) is 26.8 Å². The molecule has 4 heteroatoms. The Morgan fingerprint density at radius 3 is 1.94 bits per heavy atom. The number of aryl methyl sites for hydroxylation is 2. The average molecular weight is 453 g/mol. The van der Waals surface area contributed by atoms with Crippen LogP contribution in [0.25, 0.3) is 0 Å². The molecule has 2 rings (SSSR count). The summed E-state index contributed by atoms with van der Waals surface area (Å²) in [6.07, 6.45) is 2.23. The number of benzene rings is 2. The highest BCUT2D eigenvalue weighted by molar-refractivity contribution is 5.50. The fourth-order valence-corrected chi connectivity index (χ4v) is 4.29. The van der Waals surface area contributed by atoms with Crippen molar-refractivity contribution in [3.63, 3.8) is 0 Å². The number of ether oxygens (including phenoxy) is 1. The summed E-state index contributed by atoms with van der Waals surface area (Å²) in [5.41, 5.74) is 4.46. The molecule has 0 aliphatic rings. The first kappa shape index (κ1) is 26.9. The predicted molar refractivity (Wildman–Crippen MR) is 135 cm³/mol. The Hall–Kier alpha value is -2.32. The Labute approximate surface area is 199 Å².